The first kappa shape index (κ1) is 16.3. The summed E-state index contributed by atoms with van der Waals surface area (Å²) in [6.07, 6.45) is 1.91. The quantitative estimate of drug-likeness (QED) is 0.651. The zero-order valence-corrected chi connectivity index (χ0v) is 14.2. The van der Waals surface area contributed by atoms with Crippen LogP contribution in [-0.4, -0.2) is 41.5 Å². The predicted molar refractivity (Wildman–Crippen MR) is 95.5 cm³/mol. The van der Waals surface area contributed by atoms with Crippen molar-refractivity contribution in [2.24, 2.45) is 0 Å². The van der Waals surface area contributed by atoms with Crippen molar-refractivity contribution in [1.29, 1.82) is 0 Å². The van der Waals surface area contributed by atoms with Gasteiger partial charge in [-0.05, 0) is 44.2 Å². The number of H-pyrrole nitrogens is 1. The van der Waals surface area contributed by atoms with E-state index in [1.54, 1.807) is 13.3 Å². The number of fused-ring (bicyclic) bond motifs is 1. The highest BCUT2D eigenvalue weighted by molar-refractivity contribution is 5.94. The number of rotatable bonds is 7. The van der Waals surface area contributed by atoms with Crippen LogP contribution in [0.5, 0.6) is 5.75 Å². The molecule has 126 valence electrons. The van der Waals surface area contributed by atoms with Crippen LogP contribution >= 0.6 is 0 Å². The van der Waals surface area contributed by atoms with Gasteiger partial charge < -0.3 is 14.8 Å². The summed E-state index contributed by atoms with van der Waals surface area (Å²) in [6, 6.07) is 9.90. The van der Waals surface area contributed by atoms with Crippen LogP contribution in [0.1, 0.15) is 13.8 Å². The Balaban J connectivity index is 1.92. The van der Waals surface area contributed by atoms with Crippen molar-refractivity contribution < 1.29 is 9.47 Å². The lowest BCUT2D eigenvalue weighted by Crippen LogP contribution is -2.08. The van der Waals surface area contributed by atoms with Gasteiger partial charge in [-0.15, -0.1) is 0 Å². The third-order valence-electron chi connectivity index (χ3n) is 3.55. The molecule has 0 radical (unpaired) electrons. The van der Waals surface area contributed by atoms with Gasteiger partial charge in [0.05, 0.1) is 18.2 Å². The molecule has 6 heteroatoms. The molecular formula is C18H22N4O2. The lowest BCUT2D eigenvalue weighted by atomic mass is 10.1. The number of ether oxygens (including phenoxy) is 2. The molecule has 0 spiro atoms. The fourth-order valence-electron chi connectivity index (χ4n) is 2.51. The summed E-state index contributed by atoms with van der Waals surface area (Å²) < 4.78 is 10.8. The molecule has 0 atom stereocenters. The van der Waals surface area contributed by atoms with E-state index in [9.17, 15) is 0 Å². The normalized spacial score (nSPS) is 11.2. The zero-order chi connectivity index (χ0) is 16.9. The number of hydrogen-bond donors (Lipinski definition) is 2. The molecule has 3 aromatic rings. The number of aromatic amines is 1. The van der Waals surface area contributed by atoms with E-state index in [-0.39, 0.29) is 6.10 Å². The van der Waals surface area contributed by atoms with E-state index in [0.29, 0.717) is 13.2 Å². The Bertz CT molecular complexity index is 814. The van der Waals surface area contributed by atoms with Gasteiger partial charge in [0.15, 0.2) is 0 Å². The Morgan fingerprint density at radius 1 is 1.21 bits per heavy atom. The molecular weight excluding hydrogens is 304 g/mol. The smallest absolute Gasteiger partial charge is 0.126 e. The van der Waals surface area contributed by atoms with Gasteiger partial charge in [0.2, 0.25) is 0 Å². The maximum atomic E-state index is 5.79. The van der Waals surface area contributed by atoms with Gasteiger partial charge >= 0.3 is 0 Å². The minimum Gasteiger partial charge on any atom is -0.491 e. The van der Waals surface area contributed by atoms with Crippen molar-refractivity contribution in [2.45, 2.75) is 20.0 Å². The zero-order valence-electron chi connectivity index (χ0n) is 14.2. The minimum atomic E-state index is 0.135. The molecule has 0 unspecified atom stereocenters. The first-order chi connectivity index (χ1) is 11.7. The van der Waals surface area contributed by atoms with Crippen molar-refractivity contribution in [2.75, 3.05) is 25.6 Å². The van der Waals surface area contributed by atoms with Crippen molar-refractivity contribution in [3.8, 4) is 17.0 Å². The standard InChI is InChI=1S/C18H22N4O2/c1-12(2)24-14-4-5-16-15(11-14)18(22-21-16)13-6-7-19-17(10-13)20-8-9-23-3/h4-7,10-12H,8-9H2,1-3H3,(H,19,20)(H,21,22). The van der Waals surface area contributed by atoms with Crippen molar-refractivity contribution >= 4 is 16.7 Å². The molecule has 3 rings (SSSR count). The van der Waals surface area contributed by atoms with E-state index in [2.05, 4.69) is 20.5 Å². The number of methoxy groups -OCH3 is 1. The van der Waals surface area contributed by atoms with Crippen LogP contribution in [0.4, 0.5) is 5.82 Å². The van der Waals surface area contributed by atoms with Crippen LogP contribution in [0.15, 0.2) is 36.5 Å². The highest BCUT2D eigenvalue weighted by Crippen LogP contribution is 2.30. The third-order valence-corrected chi connectivity index (χ3v) is 3.55. The SMILES string of the molecule is COCCNc1cc(-c2n[nH]c3ccc(OC(C)C)cc23)ccn1. The van der Waals surface area contributed by atoms with Gasteiger partial charge in [0.25, 0.3) is 0 Å². The average Bonchev–Trinajstić information content (AvgIpc) is 2.98. The molecule has 0 saturated heterocycles. The average molecular weight is 326 g/mol. The molecule has 24 heavy (non-hydrogen) atoms. The van der Waals surface area contributed by atoms with E-state index >= 15 is 0 Å². The largest absolute Gasteiger partial charge is 0.491 e. The summed E-state index contributed by atoms with van der Waals surface area (Å²) in [5.41, 5.74) is 2.86. The first-order valence-electron chi connectivity index (χ1n) is 8.01. The number of hydrogen-bond acceptors (Lipinski definition) is 5. The highest BCUT2D eigenvalue weighted by atomic mass is 16.5. The Morgan fingerprint density at radius 3 is 2.88 bits per heavy atom. The second-order valence-corrected chi connectivity index (χ2v) is 5.80. The molecule has 0 aliphatic carbocycles. The maximum absolute atomic E-state index is 5.79. The maximum Gasteiger partial charge on any atom is 0.126 e. The molecule has 2 N–H and O–H groups in total. The Hall–Kier alpha value is -2.60. The second kappa shape index (κ2) is 7.31. The van der Waals surface area contributed by atoms with E-state index in [4.69, 9.17) is 9.47 Å². The first-order valence-corrected chi connectivity index (χ1v) is 8.01. The molecule has 6 nitrogen and oxygen atoms in total. The summed E-state index contributed by atoms with van der Waals surface area (Å²) in [5, 5.41) is 11.8. The predicted octanol–water partition coefficient (Wildman–Crippen LogP) is 3.47. The Labute approximate surface area is 141 Å². The Kier molecular flexibility index (Phi) is 4.96. The van der Waals surface area contributed by atoms with Gasteiger partial charge in [0.1, 0.15) is 17.3 Å². The van der Waals surface area contributed by atoms with Crippen LogP contribution in [-0.2, 0) is 4.74 Å². The molecule has 0 aliphatic rings. The van der Waals surface area contributed by atoms with Crippen molar-refractivity contribution in [3.05, 3.63) is 36.5 Å². The molecule has 2 aromatic heterocycles. The monoisotopic (exact) mass is 326 g/mol. The Morgan fingerprint density at radius 2 is 2.08 bits per heavy atom. The van der Waals surface area contributed by atoms with E-state index in [1.165, 1.54) is 0 Å². The topological polar surface area (TPSA) is 72.1 Å². The van der Waals surface area contributed by atoms with Crippen LogP contribution in [0.3, 0.4) is 0 Å². The summed E-state index contributed by atoms with van der Waals surface area (Å²) in [5.74, 6) is 1.64. The molecule has 2 heterocycles. The third kappa shape index (κ3) is 3.65. The van der Waals surface area contributed by atoms with Crippen LogP contribution in [0, 0.1) is 0 Å². The summed E-state index contributed by atoms with van der Waals surface area (Å²) in [6.45, 7) is 5.37. The molecule has 0 fully saturated rings. The van der Waals surface area contributed by atoms with Crippen LogP contribution < -0.4 is 10.1 Å². The number of aromatic nitrogens is 3. The molecule has 0 saturated carbocycles. The number of nitrogens with zero attached hydrogens (tertiary/aromatic N) is 2. The van der Waals surface area contributed by atoms with E-state index < -0.39 is 0 Å². The van der Waals surface area contributed by atoms with E-state index in [0.717, 1.165) is 33.7 Å². The molecule has 0 amide bonds. The number of nitrogens with one attached hydrogen (secondary N) is 2. The van der Waals surface area contributed by atoms with Crippen LogP contribution in [0.2, 0.25) is 0 Å². The summed E-state index contributed by atoms with van der Waals surface area (Å²) in [4.78, 5) is 4.33. The summed E-state index contributed by atoms with van der Waals surface area (Å²) in [7, 11) is 1.68. The van der Waals surface area contributed by atoms with Crippen molar-refractivity contribution in [1.82, 2.24) is 15.2 Å². The number of anilines is 1. The van der Waals surface area contributed by atoms with Gasteiger partial charge in [0, 0.05) is 30.8 Å². The van der Waals surface area contributed by atoms with Gasteiger partial charge in [-0.2, -0.15) is 5.10 Å². The van der Waals surface area contributed by atoms with Gasteiger partial charge in [-0.3, -0.25) is 5.10 Å². The molecule has 1 aromatic carbocycles. The minimum absolute atomic E-state index is 0.135. The molecule has 0 bridgehead atoms. The van der Waals surface area contributed by atoms with E-state index in [1.807, 2.05) is 44.2 Å². The van der Waals surface area contributed by atoms with Gasteiger partial charge in [-0.1, -0.05) is 0 Å². The van der Waals surface area contributed by atoms with Crippen LogP contribution in [0.25, 0.3) is 22.2 Å². The lowest BCUT2D eigenvalue weighted by Gasteiger charge is -2.09. The fourth-order valence-corrected chi connectivity index (χ4v) is 2.51. The second-order valence-electron chi connectivity index (χ2n) is 5.80. The number of pyridine rings is 1. The number of benzene rings is 1. The summed E-state index contributed by atoms with van der Waals surface area (Å²) >= 11 is 0. The van der Waals surface area contributed by atoms with Gasteiger partial charge in [-0.25, -0.2) is 4.98 Å². The molecule has 0 aliphatic heterocycles. The fraction of sp³-hybridized carbons (Fsp3) is 0.333. The van der Waals surface area contributed by atoms with Crippen molar-refractivity contribution in [3.63, 3.8) is 0 Å². The highest BCUT2D eigenvalue weighted by Gasteiger charge is 2.11. The lowest BCUT2D eigenvalue weighted by molar-refractivity contribution is 0.210.